The predicted molar refractivity (Wildman–Crippen MR) is 107 cm³/mol. The second kappa shape index (κ2) is 7.03. The summed E-state index contributed by atoms with van der Waals surface area (Å²) in [6, 6.07) is 16.2. The quantitative estimate of drug-likeness (QED) is 0.686. The van der Waals surface area contributed by atoms with Crippen LogP contribution in [0.25, 0.3) is 0 Å². The molecule has 4 aliphatic rings. The molecule has 1 heterocycles. The van der Waals surface area contributed by atoms with Gasteiger partial charge in [-0.3, -0.25) is 14.9 Å². The molecular weight excluding hydrogens is 366 g/mol. The molecule has 148 valence electrons. The molecule has 29 heavy (non-hydrogen) atoms. The van der Waals surface area contributed by atoms with Gasteiger partial charge in [0, 0.05) is 24.8 Å². The number of urea groups is 1. The lowest BCUT2D eigenvalue weighted by atomic mass is 9.59. The summed E-state index contributed by atoms with van der Waals surface area (Å²) >= 11 is 0. The van der Waals surface area contributed by atoms with Crippen LogP contribution in [0.4, 0.5) is 4.79 Å². The van der Waals surface area contributed by atoms with Crippen LogP contribution in [0, 0.1) is 5.92 Å². The van der Waals surface area contributed by atoms with Crippen molar-refractivity contribution in [3.63, 3.8) is 0 Å². The number of hydrogen-bond acceptors (Lipinski definition) is 3. The third-order valence-electron chi connectivity index (χ3n) is 6.50. The highest BCUT2D eigenvalue weighted by Gasteiger charge is 2.42. The van der Waals surface area contributed by atoms with E-state index in [2.05, 4.69) is 64.5 Å². The Hall–Kier alpha value is -3.15. The molecule has 0 radical (unpaired) electrons. The molecule has 1 fully saturated rings. The average molecular weight is 389 g/mol. The van der Waals surface area contributed by atoms with Crippen molar-refractivity contribution in [3.8, 4) is 0 Å². The summed E-state index contributed by atoms with van der Waals surface area (Å²) in [6.07, 6.45) is 1.55. The number of amides is 4. The van der Waals surface area contributed by atoms with Crippen molar-refractivity contribution in [2.24, 2.45) is 5.92 Å². The Bertz CT molecular complexity index is 955. The fourth-order valence-corrected chi connectivity index (χ4v) is 5.23. The fourth-order valence-electron chi connectivity index (χ4n) is 5.23. The van der Waals surface area contributed by atoms with E-state index in [9.17, 15) is 14.4 Å². The first kappa shape index (κ1) is 17.9. The largest absolute Gasteiger partial charge is 0.356 e. The Morgan fingerprint density at radius 2 is 1.59 bits per heavy atom. The molecule has 6 nitrogen and oxygen atoms in total. The number of benzene rings is 2. The van der Waals surface area contributed by atoms with E-state index >= 15 is 0 Å². The SMILES string of the molecule is O=C(CC[C@@H]1NC(=O)NC1=O)NC[C@@H]1CC2c3ccccc3C1c1ccccc12. The van der Waals surface area contributed by atoms with E-state index in [0.717, 1.165) is 6.42 Å². The van der Waals surface area contributed by atoms with Gasteiger partial charge in [0.25, 0.3) is 5.91 Å². The topological polar surface area (TPSA) is 87.3 Å². The van der Waals surface area contributed by atoms with Gasteiger partial charge < -0.3 is 10.6 Å². The van der Waals surface area contributed by atoms with Crippen molar-refractivity contribution in [3.05, 3.63) is 70.8 Å². The van der Waals surface area contributed by atoms with E-state index in [1.807, 2.05) is 0 Å². The minimum atomic E-state index is -0.613. The molecule has 0 spiro atoms. The molecular formula is C23H23N3O3. The Morgan fingerprint density at radius 1 is 0.966 bits per heavy atom. The van der Waals surface area contributed by atoms with Crippen LogP contribution in [-0.4, -0.2) is 30.4 Å². The standard InChI is InChI=1S/C23H23N3O3/c27-20(10-9-19-22(28)26-23(29)25-19)24-12-13-11-18-14-5-1-3-7-16(14)21(13)17-8-4-2-6-15(17)18/h1-8,13,18-19,21H,9-12H2,(H,24,27)(H2,25,26,28,29)/t13-,18?,19-,21?/m0/s1. The first-order valence-corrected chi connectivity index (χ1v) is 10.2. The highest BCUT2D eigenvalue weighted by Crippen LogP contribution is 2.55. The van der Waals surface area contributed by atoms with Crippen molar-refractivity contribution >= 4 is 17.8 Å². The summed E-state index contributed by atoms with van der Waals surface area (Å²) in [4.78, 5) is 35.1. The molecule has 3 N–H and O–H groups in total. The number of carbonyl (C=O) groups is 3. The summed E-state index contributed by atoms with van der Waals surface area (Å²) in [5.74, 6) is 0.588. The zero-order valence-electron chi connectivity index (χ0n) is 16.0. The van der Waals surface area contributed by atoms with E-state index in [0.29, 0.717) is 30.7 Å². The number of rotatable bonds is 5. The van der Waals surface area contributed by atoms with Crippen LogP contribution in [0.15, 0.2) is 48.5 Å². The maximum Gasteiger partial charge on any atom is 0.322 e. The molecule has 2 atom stereocenters. The fraction of sp³-hybridized carbons (Fsp3) is 0.348. The Kier molecular flexibility index (Phi) is 4.34. The molecule has 3 aliphatic carbocycles. The summed E-state index contributed by atoms with van der Waals surface area (Å²) in [5, 5.41) is 7.79. The molecule has 2 bridgehead atoms. The van der Waals surface area contributed by atoms with Crippen LogP contribution in [0.1, 0.15) is 53.4 Å². The summed E-state index contributed by atoms with van der Waals surface area (Å²) in [6.45, 7) is 0.617. The molecule has 2 aromatic rings. The summed E-state index contributed by atoms with van der Waals surface area (Å²) in [7, 11) is 0. The molecule has 0 saturated carbocycles. The number of nitrogens with one attached hydrogen (secondary N) is 3. The Labute approximate surface area is 169 Å². The first-order valence-electron chi connectivity index (χ1n) is 10.2. The highest BCUT2D eigenvalue weighted by molar-refractivity contribution is 6.04. The van der Waals surface area contributed by atoms with Gasteiger partial charge in [-0.1, -0.05) is 48.5 Å². The molecule has 2 aromatic carbocycles. The highest BCUT2D eigenvalue weighted by atomic mass is 16.2. The van der Waals surface area contributed by atoms with E-state index in [1.54, 1.807) is 0 Å². The monoisotopic (exact) mass is 389 g/mol. The zero-order valence-corrected chi connectivity index (χ0v) is 16.0. The van der Waals surface area contributed by atoms with Crippen molar-refractivity contribution in [2.75, 3.05) is 6.54 Å². The van der Waals surface area contributed by atoms with Gasteiger partial charge in [-0.05, 0) is 41.0 Å². The lowest BCUT2D eigenvalue weighted by Gasteiger charge is -2.45. The minimum Gasteiger partial charge on any atom is -0.356 e. The van der Waals surface area contributed by atoms with Crippen molar-refractivity contribution in [1.82, 2.24) is 16.0 Å². The van der Waals surface area contributed by atoms with Crippen LogP contribution < -0.4 is 16.0 Å². The van der Waals surface area contributed by atoms with Crippen molar-refractivity contribution < 1.29 is 14.4 Å². The number of imide groups is 1. The maximum absolute atomic E-state index is 12.4. The van der Waals surface area contributed by atoms with E-state index in [4.69, 9.17) is 0 Å². The van der Waals surface area contributed by atoms with Gasteiger partial charge in [0.1, 0.15) is 6.04 Å². The third kappa shape index (κ3) is 3.09. The molecule has 6 rings (SSSR count). The summed E-state index contributed by atoms with van der Waals surface area (Å²) < 4.78 is 0. The van der Waals surface area contributed by atoms with Crippen LogP contribution in [0.5, 0.6) is 0 Å². The zero-order chi connectivity index (χ0) is 20.0. The lowest BCUT2D eigenvalue weighted by Crippen LogP contribution is -2.39. The van der Waals surface area contributed by atoms with Crippen LogP contribution in [0.3, 0.4) is 0 Å². The van der Waals surface area contributed by atoms with Crippen molar-refractivity contribution in [1.29, 1.82) is 0 Å². The summed E-state index contributed by atoms with van der Waals surface area (Å²) in [5.41, 5.74) is 5.60. The van der Waals surface area contributed by atoms with Gasteiger partial charge in [0.15, 0.2) is 0 Å². The van der Waals surface area contributed by atoms with Crippen LogP contribution in [0.2, 0.25) is 0 Å². The number of carbonyl (C=O) groups excluding carboxylic acids is 3. The molecule has 0 unspecified atom stereocenters. The van der Waals surface area contributed by atoms with Gasteiger partial charge >= 0.3 is 6.03 Å². The molecule has 1 aliphatic heterocycles. The average Bonchev–Trinajstić information content (AvgIpc) is 3.07. The molecule has 0 aromatic heterocycles. The van der Waals surface area contributed by atoms with E-state index in [-0.39, 0.29) is 18.2 Å². The minimum absolute atomic E-state index is 0.0815. The van der Waals surface area contributed by atoms with Gasteiger partial charge in [0.05, 0.1) is 0 Å². The molecule has 6 heteroatoms. The van der Waals surface area contributed by atoms with Crippen molar-refractivity contribution in [2.45, 2.75) is 37.1 Å². The predicted octanol–water partition coefficient (Wildman–Crippen LogP) is 2.39. The Morgan fingerprint density at radius 3 is 2.17 bits per heavy atom. The second-order valence-electron chi connectivity index (χ2n) is 8.14. The molecule has 4 amide bonds. The number of fused-ring (bicyclic) bond motifs is 1. The lowest BCUT2D eigenvalue weighted by molar-refractivity contribution is -0.122. The Balaban J connectivity index is 1.26. The van der Waals surface area contributed by atoms with Gasteiger partial charge in [-0.25, -0.2) is 4.79 Å². The maximum atomic E-state index is 12.4. The van der Waals surface area contributed by atoms with Gasteiger partial charge in [-0.15, -0.1) is 0 Å². The van der Waals surface area contributed by atoms with E-state index in [1.165, 1.54) is 22.3 Å². The first-order chi connectivity index (χ1) is 14.1. The molecule has 1 saturated heterocycles. The second-order valence-corrected chi connectivity index (χ2v) is 8.14. The van der Waals surface area contributed by atoms with Gasteiger partial charge in [-0.2, -0.15) is 0 Å². The van der Waals surface area contributed by atoms with Crippen LogP contribution in [-0.2, 0) is 9.59 Å². The smallest absolute Gasteiger partial charge is 0.322 e. The van der Waals surface area contributed by atoms with E-state index < -0.39 is 12.1 Å². The van der Waals surface area contributed by atoms with Crippen LogP contribution >= 0.6 is 0 Å². The number of hydrogen-bond donors (Lipinski definition) is 3. The third-order valence-corrected chi connectivity index (χ3v) is 6.50. The normalized spacial score (nSPS) is 26.3. The van der Waals surface area contributed by atoms with Gasteiger partial charge in [0.2, 0.25) is 5.91 Å².